The first kappa shape index (κ1) is 15.7. The van der Waals surface area contributed by atoms with E-state index in [-0.39, 0.29) is 12.2 Å². The number of ether oxygens (including phenoxy) is 5. The Bertz CT molecular complexity index is 639. The van der Waals surface area contributed by atoms with Gasteiger partial charge in [-0.25, -0.2) is 0 Å². The fourth-order valence-electron chi connectivity index (χ4n) is 3.03. The van der Waals surface area contributed by atoms with Crippen molar-refractivity contribution in [3.05, 3.63) is 71.8 Å². The largest absolute Gasteiger partial charge is 0.353 e. The van der Waals surface area contributed by atoms with Gasteiger partial charge in [0, 0.05) is 18.2 Å². The second-order valence-electron chi connectivity index (χ2n) is 5.83. The molecule has 0 aliphatic carbocycles. The van der Waals surface area contributed by atoms with Gasteiger partial charge in [0.05, 0.1) is 6.61 Å². The van der Waals surface area contributed by atoms with E-state index >= 15 is 0 Å². The number of hydrogen-bond donors (Lipinski definition) is 0. The van der Waals surface area contributed by atoms with Crippen LogP contribution in [0.25, 0.3) is 0 Å². The number of fused-ring (bicyclic) bond motifs is 1. The van der Waals surface area contributed by atoms with Gasteiger partial charge in [-0.15, -0.1) is 0 Å². The molecule has 0 radical (unpaired) electrons. The van der Waals surface area contributed by atoms with Crippen LogP contribution in [-0.4, -0.2) is 32.2 Å². The molecule has 2 saturated heterocycles. The third-order valence-electron chi connectivity index (χ3n) is 4.26. The highest BCUT2D eigenvalue weighted by Crippen LogP contribution is 2.37. The zero-order valence-electron chi connectivity index (χ0n) is 13.4. The highest BCUT2D eigenvalue weighted by Gasteiger charge is 2.45. The Labute approximate surface area is 141 Å². The summed E-state index contributed by atoms with van der Waals surface area (Å²) in [6.45, 7) is 0.427. The zero-order chi connectivity index (χ0) is 16.4. The molecule has 3 unspecified atom stereocenters. The second kappa shape index (κ2) is 7.01. The van der Waals surface area contributed by atoms with Crippen molar-refractivity contribution in [2.45, 2.75) is 31.1 Å². The Kier molecular flexibility index (Phi) is 4.60. The van der Waals surface area contributed by atoms with E-state index < -0.39 is 18.9 Å². The minimum atomic E-state index is -0.510. The number of hydrogen-bond acceptors (Lipinski definition) is 5. The normalized spacial score (nSPS) is 33.0. The Balaban J connectivity index is 1.51. The van der Waals surface area contributed by atoms with Crippen LogP contribution in [0.4, 0.5) is 0 Å². The Morgan fingerprint density at radius 1 is 0.792 bits per heavy atom. The molecule has 2 aromatic rings. The highest BCUT2D eigenvalue weighted by atomic mass is 16.8. The molecular weight excluding hydrogens is 308 g/mol. The van der Waals surface area contributed by atoms with Crippen LogP contribution >= 0.6 is 0 Å². The maximum atomic E-state index is 6.07. The number of methoxy groups -OCH3 is 1. The molecule has 2 aliphatic rings. The van der Waals surface area contributed by atoms with Crippen molar-refractivity contribution < 1.29 is 23.7 Å². The Morgan fingerprint density at radius 2 is 1.42 bits per heavy atom. The summed E-state index contributed by atoms with van der Waals surface area (Å²) in [6.07, 6.45) is -2.02. The summed E-state index contributed by atoms with van der Waals surface area (Å²) in [7, 11) is 1.62. The van der Waals surface area contributed by atoms with Gasteiger partial charge in [0.25, 0.3) is 0 Å². The molecule has 0 aromatic heterocycles. The molecule has 4 rings (SSSR count). The van der Waals surface area contributed by atoms with Gasteiger partial charge in [-0.3, -0.25) is 0 Å². The molecule has 2 aromatic carbocycles. The fraction of sp³-hybridized carbons (Fsp3) is 0.368. The molecule has 0 N–H and O–H groups in total. The average Bonchev–Trinajstić information content (AvgIpc) is 2.68. The monoisotopic (exact) mass is 328 g/mol. The van der Waals surface area contributed by atoms with E-state index in [1.807, 2.05) is 60.7 Å². The molecule has 5 heteroatoms. The molecule has 5 atom stereocenters. The van der Waals surface area contributed by atoms with Gasteiger partial charge in [-0.05, 0) is 0 Å². The smallest absolute Gasteiger partial charge is 0.189 e. The summed E-state index contributed by atoms with van der Waals surface area (Å²) in [5.41, 5.74) is 1.92. The van der Waals surface area contributed by atoms with Crippen LogP contribution in [0.1, 0.15) is 23.7 Å². The van der Waals surface area contributed by atoms with Crippen molar-refractivity contribution in [1.29, 1.82) is 0 Å². The fourth-order valence-corrected chi connectivity index (χ4v) is 3.03. The maximum absolute atomic E-state index is 6.07. The van der Waals surface area contributed by atoms with E-state index in [9.17, 15) is 0 Å². The van der Waals surface area contributed by atoms with Crippen molar-refractivity contribution in [1.82, 2.24) is 0 Å². The van der Waals surface area contributed by atoms with Crippen molar-refractivity contribution in [3.63, 3.8) is 0 Å². The summed E-state index contributed by atoms with van der Waals surface area (Å²) in [4.78, 5) is 0. The minimum Gasteiger partial charge on any atom is -0.353 e. The topological polar surface area (TPSA) is 46.2 Å². The summed E-state index contributed by atoms with van der Waals surface area (Å²) >= 11 is 0. The van der Waals surface area contributed by atoms with Gasteiger partial charge in [-0.1, -0.05) is 60.7 Å². The van der Waals surface area contributed by atoms with E-state index in [4.69, 9.17) is 23.7 Å². The Hall–Kier alpha value is -1.76. The molecule has 2 heterocycles. The van der Waals surface area contributed by atoms with E-state index in [1.54, 1.807) is 7.11 Å². The first-order valence-corrected chi connectivity index (χ1v) is 8.06. The van der Waals surface area contributed by atoms with Crippen molar-refractivity contribution in [2.24, 2.45) is 0 Å². The third-order valence-corrected chi connectivity index (χ3v) is 4.26. The highest BCUT2D eigenvalue weighted by molar-refractivity contribution is 5.18. The molecule has 24 heavy (non-hydrogen) atoms. The lowest BCUT2D eigenvalue weighted by molar-refractivity contribution is -0.400. The van der Waals surface area contributed by atoms with Crippen LogP contribution in [0.3, 0.4) is 0 Å². The summed E-state index contributed by atoms with van der Waals surface area (Å²) in [5, 5.41) is 0. The first-order valence-electron chi connectivity index (χ1n) is 8.06. The van der Waals surface area contributed by atoms with Crippen molar-refractivity contribution in [2.75, 3.05) is 13.7 Å². The van der Waals surface area contributed by atoms with E-state index in [2.05, 4.69) is 0 Å². The Morgan fingerprint density at radius 3 is 2.04 bits per heavy atom. The van der Waals surface area contributed by atoms with Gasteiger partial charge >= 0.3 is 0 Å². The van der Waals surface area contributed by atoms with E-state index in [0.29, 0.717) is 6.61 Å². The molecule has 2 fully saturated rings. The lowest BCUT2D eigenvalue weighted by Crippen LogP contribution is -2.54. The van der Waals surface area contributed by atoms with Crippen LogP contribution < -0.4 is 0 Å². The summed E-state index contributed by atoms with van der Waals surface area (Å²) < 4.78 is 29.4. The van der Waals surface area contributed by atoms with Crippen LogP contribution in [0.15, 0.2) is 60.7 Å². The van der Waals surface area contributed by atoms with Crippen LogP contribution in [-0.2, 0) is 23.7 Å². The van der Waals surface area contributed by atoms with E-state index in [0.717, 1.165) is 11.1 Å². The van der Waals surface area contributed by atoms with Gasteiger partial charge < -0.3 is 23.7 Å². The van der Waals surface area contributed by atoms with Crippen molar-refractivity contribution >= 4 is 0 Å². The zero-order valence-corrected chi connectivity index (χ0v) is 13.4. The lowest BCUT2D eigenvalue weighted by atomic mass is 10.1. The molecule has 0 bridgehead atoms. The molecular formula is C19H20O5. The second-order valence-corrected chi connectivity index (χ2v) is 5.83. The van der Waals surface area contributed by atoms with Crippen LogP contribution in [0.2, 0.25) is 0 Å². The quantitative estimate of drug-likeness (QED) is 0.866. The minimum absolute atomic E-state index is 0.242. The predicted octanol–water partition coefficient (Wildman–Crippen LogP) is 3.19. The van der Waals surface area contributed by atoms with Crippen molar-refractivity contribution in [3.8, 4) is 0 Å². The number of benzene rings is 2. The number of rotatable bonds is 3. The maximum Gasteiger partial charge on any atom is 0.189 e. The van der Waals surface area contributed by atoms with Crippen LogP contribution in [0.5, 0.6) is 0 Å². The summed E-state index contributed by atoms with van der Waals surface area (Å²) in [6, 6.07) is 19.6. The molecule has 126 valence electrons. The molecule has 0 spiro atoms. The lowest BCUT2D eigenvalue weighted by Gasteiger charge is -2.45. The molecule has 5 nitrogen and oxygen atoms in total. The standard InChI is InChI=1S/C19H20O5/c1-20-19-16-15(22-18(24-19)14-10-6-3-7-11-14)12-21-17(23-16)13-8-4-2-5-9-13/h2-11,15-19H,12H2,1H3/t15-,16?,17-,18?,19?/m1/s1. The van der Waals surface area contributed by atoms with Gasteiger partial charge in [0.2, 0.25) is 0 Å². The first-order chi connectivity index (χ1) is 11.8. The van der Waals surface area contributed by atoms with E-state index in [1.165, 1.54) is 0 Å². The van der Waals surface area contributed by atoms with Gasteiger partial charge in [0.1, 0.15) is 12.2 Å². The van der Waals surface area contributed by atoms with Gasteiger partial charge in [0.15, 0.2) is 18.9 Å². The van der Waals surface area contributed by atoms with Crippen LogP contribution in [0, 0.1) is 0 Å². The SMILES string of the molecule is COC1OC(c2ccccc2)O[C@@H]2CO[C@@H](c3ccccc3)OC12. The third kappa shape index (κ3) is 3.09. The molecule has 2 aliphatic heterocycles. The average molecular weight is 328 g/mol. The summed E-state index contributed by atoms with van der Waals surface area (Å²) in [5.74, 6) is 0. The molecule has 0 amide bonds. The predicted molar refractivity (Wildman–Crippen MR) is 85.9 cm³/mol. The molecule has 0 saturated carbocycles. The van der Waals surface area contributed by atoms with Gasteiger partial charge in [-0.2, -0.15) is 0 Å².